The molecule has 92 valence electrons. The molecule has 16 heavy (non-hydrogen) atoms. The van der Waals surface area contributed by atoms with Crippen LogP contribution in [0.3, 0.4) is 0 Å². The van der Waals surface area contributed by atoms with Crippen LogP contribution in [-0.2, 0) is 9.84 Å². The van der Waals surface area contributed by atoms with Crippen molar-refractivity contribution in [3.05, 3.63) is 0 Å². The van der Waals surface area contributed by atoms with E-state index in [1.807, 2.05) is 0 Å². The second-order valence-corrected chi connectivity index (χ2v) is 8.37. The zero-order chi connectivity index (χ0) is 11.6. The molecule has 2 bridgehead atoms. The fourth-order valence-electron chi connectivity index (χ4n) is 3.68. The molecule has 2 heterocycles. The van der Waals surface area contributed by atoms with E-state index in [9.17, 15) is 13.5 Å². The largest absolute Gasteiger partial charge is 0.388 e. The molecule has 3 rings (SSSR count). The van der Waals surface area contributed by atoms with Crippen LogP contribution in [0.1, 0.15) is 44.9 Å². The highest BCUT2D eigenvalue weighted by Crippen LogP contribution is 2.51. The molecule has 3 aliphatic rings. The highest BCUT2D eigenvalue weighted by atomic mass is 32.2. The summed E-state index contributed by atoms with van der Waals surface area (Å²) in [5.74, 6) is 0. The number of fused-ring (bicyclic) bond motifs is 2. The monoisotopic (exact) mass is 245 g/mol. The van der Waals surface area contributed by atoms with Crippen LogP contribution in [0.5, 0.6) is 0 Å². The van der Waals surface area contributed by atoms with Crippen molar-refractivity contribution in [2.45, 2.75) is 66.6 Å². The van der Waals surface area contributed by atoms with E-state index in [-0.39, 0.29) is 10.5 Å². The molecule has 1 aliphatic carbocycles. The Bertz CT molecular complexity index is 393. The first-order valence-corrected chi connectivity index (χ1v) is 7.72. The van der Waals surface area contributed by atoms with Crippen LogP contribution in [0.4, 0.5) is 0 Å². The van der Waals surface area contributed by atoms with Gasteiger partial charge >= 0.3 is 0 Å². The van der Waals surface area contributed by atoms with Crippen molar-refractivity contribution in [2.24, 2.45) is 5.73 Å². The third-order valence-corrected chi connectivity index (χ3v) is 7.71. The summed E-state index contributed by atoms with van der Waals surface area (Å²) in [5, 5.41) is 10.0. The van der Waals surface area contributed by atoms with Crippen molar-refractivity contribution in [2.75, 3.05) is 0 Å². The van der Waals surface area contributed by atoms with E-state index in [2.05, 4.69) is 0 Å². The van der Waals surface area contributed by atoms with Crippen molar-refractivity contribution in [3.63, 3.8) is 0 Å². The molecular formula is C11H19NO3S. The van der Waals surface area contributed by atoms with Crippen LogP contribution in [0, 0.1) is 0 Å². The van der Waals surface area contributed by atoms with Crippen LogP contribution in [0.2, 0.25) is 0 Å². The minimum absolute atomic E-state index is 0.336. The van der Waals surface area contributed by atoms with E-state index >= 15 is 0 Å². The van der Waals surface area contributed by atoms with Gasteiger partial charge in [0.25, 0.3) is 0 Å². The van der Waals surface area contributed by atoms with Crippen molar-refractivity contribution >= 4 is 9.84 Å². The summed E-state index contributed by atoms with van der Waals surface area (Å²) in [6.45, 7) is 0. The van der Waals surface area contributed by atoms with E-state index in [0.717, 1.165) is 19.3 Å². The van der Waals surface area contributed by atoms with Gasteiger partial charge < -0.3 is 10.8 Å². The molecule has 0 amide bonds. The van der Waals surface area contributed by atoms with E-state index in [1.165, 1.54) is 0 Å². The Balaban J connectivity index is 1.92. The maximum absolute atomic E-state index is 11.9. The molecule has 2 unspecified atom stereocenters. The lowest BCUT2D eigenvalue weighted by Gasteiger charge is -2.53. The zero-order valence-corrected chi connectivity index (χ0v) is 10.2. The third-order valence-electron chi connectivity index (χ3n) is 5.04. The molecule has 2 atom stereocenters. The highest BCUT2D eigenvalue weighted by Gasteiger charge is 2.60. The van der Waals surface area contributed by atoms with Gasteiger partial charge in [-0.3, -0.25) is 0 Å². The number of nitrogens with two attached hydrogens (primary N) is 1. The Kier molecular flexibility index (Phi) is 2.06. The standard InChI is InChI=1S/C11H19NO3S/c12-10(4-1-5-10)11(13)6-8-2-3-9(7-11)16(8,14)15/h8-9,13H,1-7,12H2. The highest BCUT2D eigenvalue weighted by molar-refractivity contribution is 7.93. The van der Waals surface area contributed by atoms with Crippen LogP contribution in [0.15, 0.2) is 0 Å². The topological polar surface area (TPSA) is 80.4 Å². The van der Waals surface area contributed by atoms with Gasteiger partial charge in [-0.2, -0.15) is 0 Å². The quantitative estimate of drug-likeness (QED) is 0.698. The molecule has 2 aliphatic heterocycles. The predicted octanol–water partition coefficient (Wildman–Crippen LogP) is 0.338. The maximum Gasteiger partial charge on any atom is 0.156 e. The fraction of sp³-hybridized carbons (Fsp3) is 1.00. The number of rotatable bonds is 1. The van der Waals surface area contributed by atoms with Crippen molar-refractivity contribution in [1.29, 1.82) is 0 Å². The molecule has 0 radical (unpaired) electrons. The second-order valence-electron chi connectivity index (χ2n) is 5.86. The minimum Gasteiger partial charge on any atom is -0.388 e. The summed E-state index contributed by atoms with van der Waals surface area (Å²) in [6, 6.07) is 0. The number of sulfone groups is 1. The van der Waals surface area contributed by atoms with Gasteiger partial charge in [-0.1, -0.05) is 0 Å². The molecule has 0 aromatic heterocycles. The average Bonchev–Trinajstić information content (AvgIpc) is 2.39. The first-order valence-electron chi connectivity index (χ1n) is 6.11. The molecule has 0 aromatic rings. The van der Waals surface area contributed by atoms with Crippen molar-refractivity contribution < 1.29 is 13.5 Å². The van der Waals surface area contributed by atoms with E-state index in [1.54, 1.807) is 0 Å². The Hall–Kier alpha value is -0.130. The predicted molar refractivity (Wildman–Crippen MR) is 60.7 cm³/mol. The number of hydrogen-bond donors (Lipinski definition) is 2. The van der Waals surface area contributed by atoms with Gasteiger partial charge in [0.05, 0.1) is 16.1 Å². The Morgan fingerprint density at radius 1 is 1.12 bits per heavy atom. The van der Waals surface area contributed by atoms with E-state index in [4.69, 9.17) is 5.73 Å². The maximum atomic E-state index is 11.9. The second kappa shape index (κ2) is 3.00. The van der Waals surface area contributed by atoms with Crippen molar-refractivity contribution in [3.8, 4) is 0 Å². The van der Waals surface area contributed by atoms with Crippen LogP contribution >= 0.6 is 0 Å². The molecule has 4 nitrogen and oxygen atoms in total. The summed E-state index contributed by atoms with van der Waals surface area (Å²) in [5.41, 5.74) is 4.77. The van der Waals surface area contributed by atoms with Crippen LogP contribution < -0.4 is 5.73 Å². The molecule has 0 aromatic carbocycles. The van der Waals surface area contributed by atoms with E-state index in [0.29, 0.717) is 25.7 Å². The van der Waals surface area contributed by atoms with Gasteiger partial charge in [-0.05, 0) is 44.9 Å². The molecule has 3 fully saturated rings. The van der Waals surface area contributed by atoms with Gasteiger partial charge in [-0.25, -0.2) is 8.42 Å². The van der Waals surface area contributed by atoms with Gasteiger partial charge in [-0.15, -0.1) is 0 Å². The van der Waals surface area contributed by atoms with Gasteiger partial charge in [0.1, 0.15) is 0 Å². The Morgan fingerprint density at radius 2 is 1.62 bits per heavy atom. The minimum atomic E-state index is -2.96. The lowest BCUT2D eigenvalue weighted by atomic mass is 9.63. The summed E-state index contributed by atoms with van der Waals surface area (Å²) in [7, 11) is -2.96. The number of aliphatic hydroxyl groups is 1. The normalized spacial score (nSPS) is 48.6. The number of hydrogen-bond acceptors (Lipinski definition) is 4. The SMILES string of the molecule is NC1(C2(O)CC3CCC(C2)S3(=O)=O)CCC1. The lowest BCUT2D eigenvalue weighted by Crippen LogP contribution is -2.68. The molecular weight excluding hydrogens is 226 g/mol. The van der Waals surface area contributed by atoms with Gasteiger partial charge in [0.2, 0.25) is 0 Å². The average molecular weight is 245 g/mol. The smallest absolute Gasteiger partial charge is 0.156 e. The molecule has 0 spiro atoms. The fourth-order valence-corrected chi connectivity index (χ4v) is 6.16. The summed E-state index contributed by atoms with van der Waals surface area (Å²) < 4.78 is 23.9. The van der Waals surface area contributed by atoms with Crippen LogP contribution in [0.25, 0.3) is 0 Å². The molecule has 5 heteroatoms. The summed E-state index contributed by atoms with van der Waals surface area (Å²) in [4.78, 5) is 0. The van der Waals surface area contributed by atoms with Gasteiger partial charge in [0, 0.05) is 5.54 Å². The van der Waals surface area contributed by atoms with Crippen molar-refractivity contribution in [1.82, 2.24) is 0 Å². The van der Waals surface area contributed by atoms with Crippen LogP contribution in [-0.4, -0.2) is 35.2 Å². The zero-order valence-electron chi connectivity index (χ0n) is 9.35. The van der Waals surface area contributed by atoms with E-state index < -0.39 is 21.0 Å². The molecule has 1 saturated carbocycles. The summed E-state index contributed by atoms with van der Waals surface area (Å²) >= 11 is 0. The lowest BCUT2D eigenvalue weighted by molar-refractivity contribution is -0.0828. The van der Waals surface area contributed by atoms with Gasteiger partial charge in [0.15, 0.2) is 9.84 Å². The Labute approximate surface area is 96.1 Å². The third kappa shape index (κ3) is 1.19. The summed E-state index contributed by atoms with van der Waals surface area (Å²) in [6.07, 6.45) is 4.88. The first kappa shape index (κ1) is 11.0. The Morgan fingerprint density at radius 3 is 2.00 bits per heavy atom. The first-order chi connectivity index (χ1) is 7.37. The molecule has 2 saturated heterocycles. The molecule has 3 N–H and O–H groups in total.